The summed E-state index contributed by atoms with van der Waals surface area (Å²) in [6, 6.07) is 5.23. The van der Waals surface area contributed by atoms with Gasteiger partial charge in [0.05, 0.1) is 6.04 Å². The number of phenolic OH excluding ortho intramolecular Hbond substituents is 1. The van der Waals surface area contributed by atoms with Gasteiger partial charge in [0.25, 0.3) is 0 Å². The normalized spacial score (nSPS) is 26.3. The van der Waals surface area contributed by atoms with Crippen molar-refractivity contribution in [2.24, 2.45) is 17.6 Å². The van der Waals surface area contributed by atoms with Crippen molar-refractivity contribution < 1.29 is 5.11 Å². The maximum absolute atomic E-state index is 10.1. The fourth-order valence-corrected chi connectivity index (χ4v) is 3.41. The summed E-state index contributed by atoms with van der Waals surface area (Å²) in [5.74, 6) is 1.61. The summed E-state index contributed by atoms with van der Waals surface area (Å²) in [5.41, 5.74) is 6.79. The molecule has 1 aliphatic rings. The van der Waals surface area contributed by atoms with E-state index in [1.807, 2.05) is 6.07 Å². The van der Waals surface area contributed by atoms with Crippen molar-refractivity contribution in [1.29, 1.82) is 0 Å². The van der Waals surface area contributed by atoms with Crippen LogP contribution in [0.5, 0.6) is 5.75 Å². The van der Waals surface area contributed by atoms with Crippen LogP contribution in [0.4, 0.5) is 0 Å². The van der Waals surface area contributed by atoms with Crippen LogP contribution in [-0.4, -0.2) is 29.6 Å². The van der Waals surface area contributed by atoms with Crippen LogP contribution in [0.25, 0.3) is 0 Å². The summed E-state index contributed by atoms with van der Waals surface area (Å²) in [5, 5.41) is 10.7. The van der Waals surface area contributed by atoms with Crippen molar-refractivity contribution in [3.05, 3.63) is 28.8 Å². The predicted molar refractivity (Wildman–Crippen MR) is 79.4 cm³/mol. The van der Waals surface area contributed by atoms with E-state index in [4.69, 9.17) is 17.3 Å². The lowest BCUT2D eigenvalue weighted by Gasteiger charge is -2.40. The summed E-state index contributed by atoms with van der Waals surface area (Å²) in [6.45, 7) is 7.09. The molecule has 0 saturated carbocycles. The Kier molecular flexibility index (Phi) is 4.71. The Bertz CT molecular complexity index is 428. The fraction of sp³-hybridized carbons (Fsp3) is 0.600. The lowest BCUT2D eigenvalue weighted by atomic mass is 9.89. The average Bonchev–Trinajstić information content (AvgIpc) is 2.33. The number of halogens is 1. The first-order valence-electron chi connectivity index (χ1n) is 6.93. The minimum absolute atomic E-state index is 0.0453. The highest BCUT2D eigenvalue weighted by atomic mass is 35.5. The molecule has 106 valence electrons. The van der Waals surface area contributed by atoms with Crippen LogP contribution in [0, 0.1) is 11.8 Å². The van der Waals surface area contributed by atoms with E-state index < -0.39 is 0 Å². The number of aromatic hydroxyl groups is 1. The van der Waals surface area contributed by atoms with Crippen LogP contribution in [0.2, 0.25) is 5.02 Å². The molecule has 3 nitrogen and oxygen atoms in total. The topological polar surface area (TPSA) is 49.5 Å². The first-order valence-corrected chi connectivity index (χ1v) is 7.31. The van der Waals surface area contributed by atoms with Crippen molar-refractivity contribution in [1.82, 2.24) is 4.90 Å². The van der Waals surface area contributed by atoms with Crippen LogP contribution in [0.3, 0.4) is 0 Å². The van der Waals surface area contributed by atoms with Crippen molar-refractivity contribution in [2.75, 3.05) is 19.6 Å². The third kappa shape index (κ3) is 3.41. The van der Waals surface area contributed by atoms with E-state index in [1.165, 1.54) is 6.42 Å². The molecule has 3 unspecified atom stereocenters. The van der Waals surface area contributed by atoms with Gasteiger partial charge >= 0.3 is 0 Å². The maximum atomic E-state index is 10.1. The van der Waals surface area contributed by atoms with Gasteiger partial charge in [-0.2, -0.15) is 0 Å². The molecule has 0 amide bonds. The predicted octanol–water partition coefficient (Wildman–Crippen LogP) is 3.02. The second-order valence-corrected chi connectivity index (χ2v) is 6.29. The lowest BCUT2D eigenvalue weighted by Crippen LogP contribution is -2.43. The molecule has 1 heterocycles. The van der Waals surface area contributed by atoms with Crippen molar-refractivity contribution >= 4 is 11.6 Å². The van der Waals surface area contributed by atoms with Crippen LogP contribution < -0.4 is 5.73 Å². The first kappa shape index (κ1) is 14.6. The molecule has 3 N–H and O–H groups in total. The molecule has 4 heteroatoms. The Morgan fingerprint density at radius 3 is 2.58 bits per heavy atom. The van der Waals surface area contributed by atoms with Gasteiger partial charge < -0.3 is 10.8 Å². The summed E-state index contributed by atoms with van der Waals surface area (Å²) >= 11 is 6.04. The highest BCUT2D eigenvalue weighted by Crippen LogP contribution is 2.34. The number of hydrogen-bond donors (Lipinski definition) is 2. The molecule has 1 saturated heterocycles. The van der Waals surface area contributed by atoms with Gasteiger partial charge in [-0.25, -0.2) is 0 Å². The molecule has 19 heavy (non-hydrogen) atoms. The largest absolute Gasteiger partial charge is 0.508 e. The minimum Gasteiger partial charge on any atom is -0.508 e. The number of piperidine rings is 1. The van der Waals surface area contributed by atoms with E-state index in [1.54, 1.807) is 12.1 Å². The zero-order valence-electron chi connectivity index (χ0n) is 11.6. The monoisotopic (exact) mass is 282 g/mol. The van der Waals surface area contributed by atoms with Crippen LogP contribution in [-0.2, 0) is 0 Å². The number of nitrogens with zero attached hydrogens (tertiary/aromatic N) is 1. The van der Waals surface area contributed by atoms with Crippen molar-refractivity contribution in [2.45, 2.75) is 26.3 Å². The Hall–Kier alpha value is -0.770. The summed E-state index contributed by atoms with van der Waals surface area (Å²) in [6.07, 6.45) is 1.26. The van der Waals surface area contributed by atoms with Crippen molar-refractivity contribution in [3.63, 3.8) is 0 Å². The third-order valence-electron chi connectivity index (χ3n) is 3.91. The van der Waals surface area contributed by atoms with E-state index >= 15 is 0 Å². The molecular formula is C15H23ClN2O. The van der Waals surface area contributed by atoms with Crippen LogP contribution >= 0.6 is 11.6 Å². The van der Waals surface area contributed by atoms with Gasteiger partial charge in [0.2, 0.25) is 0 Å². The molecular weight excluding hydrogens is 260 g/mol. The number of nitrogens with two attached hydrogens (primary N) is 1. The van der Waals surface area contributed by atoms with Crippen molar-refractivity contribution in [3.8, 4) is 5.75 Å². The van der Waals surface area contributed by atoms with Gasteiger partial charge in [-0.3, -0.25) is 4.90 Å². The molecule has 0 aromatic heterocycles. The van der Waals surface area contributed by atoms with E-state index in [9.17, 15) is 5.11 Å². The molecule has 1 aliphatic heterocycles. The minimum atomic E-state index is 0.0453. The van der Waals surface area contributed by atoms with Crippen LogP contribution in [0.1, 0.15) is 31.9 Å². The molecule has 1 aromatic carbocycles. The highest BCUT2D eigenvalue weighted by Gasteiger charge is 2.29. The number of benzene rings is 1. The quantitative estimate of drug-likeness (QED) is 0.896. The molecule has 0 radical (unpaired) electrons. The van der Waals surface area contributed by atoms with Crippen LogP contribution in [0.15, 0.2) is 18.2 Å². The standard InChI is InChI=1S/C15H23ClN2O/c1-10-5-11(2)9-18(8-10)14(7-17)13-6-12(16)3-4-15(13)19/h3-4,6,10-11,14,19H,5,7-9,17H2,1-2H3. The number of rotatable bonds is 3. The fourth-order valence-electron chi connectivity index (χ4n) is 3.23. The van der Waals surface area contributed by atoms with Gasteiger partial charge in [-0.1, -0.05) is 25.4 Å². The molecule has 1 aromatic rings. The summed E-state index contributed by atoms with van der Waals surface area (Å²) in [4.78, 5) is 2.38. The van der Waals surface area contributed by atoms with Gasteiger partial charge in [0.1, 0.15) is 5.75 Å². The first-order chi connectivity index (χ1) is 9.01. The maximum Gasteiger partial charge on any atom is 0.120 e. The molecule has 1 fully saturated rings. The van der Waals surface area contributed by atoms with Gasteiger partial charge in [0, 0.05) is 30.2 Å². The van der Waals surface area contributed by atoms with E-state index in [2.05, 4.69) is 18.7 Å². The molecule has 0 spiro atoms. The van der Waals surface area contributed by atoms with E-state index in [0.717, 1.165) is 18.7 Å². The number of phenols is 1. The number of likely N-dealkylation sites (tertiary alicyclic amines) is 1. The average molecular weight is 283 g/mol. The van der Waals surface area contributed by atoms with Gasteiger partial charge in [0.15, 0.2) is 0 Å². The second-order valence-electron chi connectivity index (χ2n) is 5.85. The second kappa shape index (κ2) is 6.12. The molecule has 0 bridgehead atoms. The van der Waals surface area contributed by atoms with E-state index in [-0.39, 0.29) is 11.8 Å². The van der Waals surface area contributed by atoms with E-state index in [0.29, 0.717) is 23.4 Å². The smallest absolute Gasteiger partial charge is 0.120 e. The third-order valence-corrected chi connectivity index (χ3v) is 4.14. The Labute approximate surface area is 120 Å². The lowest BCUT2D eigenvalue weighted by molar-refractivity contribution is 0.0972. The van der Waals surface area contributed by atoms with Gasteiger partial charge in [-0.05, 0) is 36.5 Å². The number of hydrogen-bond acceptors (Lipinski definition) is 3. The zero-order valence-corrected chi connectivity index (χ0v) is 12.4. The Balaban J connectivity index is 2.26. The summed E-state index contributed by atoms with van der Waals surface area (Å²) in [7, 11) is 0. The molecule has 2 rings (SSSR count). The zero-order chi connectivity index (χ0) is 14.0. The SMILES string of the molecule is CC1CC(C)CN(C(CN)c2cc(Cl)ccc2O)C1. The molecule has 3 atom stereocenters. The highest BCUT2D eigenvalue weighted by molar-refractivity contribution is 6.30. The Morgan fingerprint density at radius 1 is 1.37 bits per heavy atom. The molecule has 0 aliphatic carbocycles. The Morgan fingerprint density at radius 2 is 2.00 bits per heavy atom. The summed E-state index contributed by atoms with van der Waals surface area (Å²) < 4.78 is 0. The van der Waals surface area contributed by atoms with Gasteiger partial charge in [-0.15, -0.1) is 0 Å².